The molecule has 0 saturated carbocycles. The van der Waals surface area contributed by atoms with Gasteiger partial charge in [-0.05, 0) is 17.7 Å². The lowest BCUT2D eigenvalue weighted by Crippen LogP contribution is -2.50. The van der Waals surface area contributed by atoms with Gasteiger partial charge in [-0.2, -0.15) is 0 Å². The number of rotatable bonds is 4. The van der Waals surface area contributed by atoms with Gasteiger partial charge in [0.1, 0.15) is 12.2 Å². The molecule has 1 N–H and O–H groups in total. The SMILES string of the molecule is CC(=O)N1CCN(C(=O)CC(=O)NCc2ccc(F)cc2)CC1. The summed E-state index contributed by atoms with van der Waals surface area (Å²) in [5.41, 5.74) is 0.766. The minimum Gasteiger partial charge on any atom is -0.352 e. The average molecular weight is 321 g/mol. The zero-order valence-electron chi connectivity index (χ0n) is 13.0. The number of carbonyl (C=O) groups excluding carboxylic acids is 3. The van der Waals surface area contributed by atoms with Gasteiger partial charge < -0.3 is 15.1 Å². The molecule has 1 aromatic carbocycles. The number of hydrogen-bond donors (Lipinski definition) is 1. The van der Waals surface area contributed by atoms with Crippen LogP contribution < -0.4 is 5.32 Å². The predicted octanol–water partition coefficient (Wildman–Crippen LogP) is 0.523. The summed E-state index contributed by atoms with van der Waals surface area (Å²) < 4.78 is 12.8. The lowest BCUT2D eigenvalue weighted by molar-refractivity contribution is -0.141. The molecule has 0 bridgehead atoms. The molecule has 0 unspecified atom stereocenters. The average Bonchev–Trinajstić information content (AvgIpc) is 2.54. The Hall–Kier alpha value is -2.44. The molecular weight excluding hydrogens is 301 g/mol. The highest BCUT2D eigenvalue weighted by atomic mass is 19.1. The lowest BCUT2D eigenvalue weighted by atomic mass is 10.2. The molecule has 1 fully saturated rings. The van der Waals surface area contributed by atoms with Gasteiger partial charge >= 0.3 is 0 Å². The van der Waals surface area contributed by atoms with Gasteiger partial charge in [0.05, 0.1) is 0 Å². The summed E-state index contributed by atoms with van der Waals surface area (Å²) >= 11 is 0. The van der Waals surface area contributed by atoms with Crippen molar-refractivity contribution in [3.8, 4) is 0 Å². The second-order valence-electron chi connectivity index (χ2n) is 5.47. The van der Waals surface area contributed by atoms with Gasteiger partial charge in [0.25, 0.3) is 0 Å². The fourth-order valence-corrected chi connectivity index (χ4v) is 2.39. The molecule has 1 aliphatic heterocycles. The molecule has 0 spiro atoms. The van der Waals surface area contributed by atoms with E-state index in [1.807, 2.05) is 0 Å². The zero-order chi connectivity index (χ0) is 16.8. The highest BCUT2D eigenvalue weighted by Gasteiger charge is 2.23. The fourth-order valence-electron chi connectivity index (χ4n) is 2.39. The van der Waals surface area contributed by atoms with Crippen molar-refractivity contribution in [1.82, 2.24) is 15.1 Å². The van der Waals surface area contributed by atoms with E-state index < -0.39 is 0 Å². The smallest absolute Gasteiger partial charge is 0.232 e. The Morgan fingerprint density at radius 1 is 1.04 bits per heavy atom. The van der Waals surface area contributed by atoms with Crippen molar-refractivity contribution in [2.75, 3.05) is 26.2 Å². The third-order valence-electron chi connectivity index (χ3n) is 3.79. The van der Waals surface area contributed by atoms with Crippen molar-refractivity contribution in [3.05, 3.63) is 35.6 Å². The van der Waals surface area contributed by atoms with E-state index in [1.54, 1.807) is 21.9 Å². The normalized spacial score (nSPS) is 14.5. The Kier molecular flexibility index (Phi) is 5.67. The number of benzene rings is 1. The van der Waals surface area contributed by atoms with E-state index in [4.69, 9.17) is 0 Å². The molecule has 0 atom stereocenters. The molecular formula is C16H20FN3O3. The standard InChI is InChI=1S/C16H20FN3O3/c1-12(21)19-6-8-20(9-7-19)16(23)10-15(22)18-11-13-2-4-14(17)5-3-13/h2-5H,6-11H2,1H3,(H,18,22). The molecule has 1 aliphatic rings. The van der Waals surface area contributed by atoms with Crippen LogP contribution in [0, 0.1) is 5.82 Å². The van der Waals surface area contributed by atoms with Crippen LogP contribution in [0.25, 0.3) is 0 Å². The fraction of sp³-hybridized carbons (Fsp3) is 0.438. The van der Waals surface area contributed by atoms with Crippen molar-refractivity contribution >= 4 is 17.7 Å². The molecule has 1 aromatic rings. The maximum Gasteiger partial charge on any atom is 0.232 e. The first-order valence-corrected chi connectivity index (χ1v) is 7.50. The van der Waals surface area contributed by atoms with Gasteiger partial charge in [-0.15, -0.1) is 0 Å². The van der Waals surface area contributed by atoms with Gasteiger partial charge in [-0.1, -0.05) is 12.1 Å². The third-order valence-corrected chi connectivity index (χ3v) is 3.79. The van der Waals surface area contributed by atoms with Crippen molar-refractivity contribution in [3.63, 3.8) is 0 Å². The second-order valence-corrected chi connectivity index (χ2v) is 5.47. The molecule has 1 heterocycles. The predicted molar refractivity (Wildman–Crippen MR) is 81.7 cm³/mol. The second kappa shape index (κ2) is 7.71. The van der Waals surface area contributed by atoms with Gasteiger partial charge in [0.15, 0.2) is 0 Å². The number of carbonyl (C=O) groups is 3. The van der Waals surface area contributed by atoms with Crippen LogP contribution in [0.15, 0.2) is 24.3 Å². The first-order chi connectivity index (χ1) is 11.0. The Bertz CT molecular complexity index is 581. The van der Waals surface area contributed by atoms with Gasteiger partial charge in [-0.3, -0.25) is 14.4 Å². The van der Waals surface area contributed by atoms with E-state index in [2.05, 4.69) is 5.32 Å². The van der Waals surface area contributed by atoms with Crippen LogP contribution >= 0.6 is 0 Å². The topological polar surface area (TPSA) is 69.7 Å². The molecule has 7 heteroatoms. The van der Waals surface area contributed by atoms with Gasteiger partial charge in [0, 0.05) is 39.6 Å². The van der Waals surface area contributed by atoms with Crippen LogP contribution in [0.5, 0.6) is 0 Å². The summed E-state index contributed by atoms with van der Waals surface area (Å²) in [6, 6.07) is 5.80. The number of piperazine rings is 1. The molecule has 0 radical (unpaired) electrons. The van der Waals surface area contributed by atoms with Crippen molar-refractivity contribution in [2.24, 2.45) is 0 Å². The Morgan fingerprint density at radius 3 is 2.17 bits per heavy atom. The Balaban J connectivity index is 1.73. The van der Waals surface area contributed by atoms with Gasteiger partial charge in [0.2, 0.25) is 17.7 Å². The lowest BCUT2D eigenvalue weighted by Gasteiger charge is -2.34. The maximum atomic E-state index is 12.8. The summed E-state index contributed by atoms with van der Waals surface area (Å²) in [6.45, 7) is 3.65. The van der Waals surface area contributed by atoms with E-state index in [0.29, 0.717) is 26.2 Å². The molecule has 0 aromatic heterocycles. The minimum absolute atomic E-state index is 0.00543. The zero-order valence-corrected chi connectivity index (χ0v) is 13.0. The maximum absolute atomic E-state index is 12.8. The summed E-state index contributed by atoms with van der Waals surface area (Å²) in [5.74, 6) is -0.952. The number of nitrogens with one attached hydrogen (secondary N) is 1. The number of hydrogen-bond acceptors (Lipinski definition) is 3. The highest BCUT2D eigenvalue weighted by molar-refractivity contribution is 5.96. The third kappa shape index (κ3) is 5.05. The van der Waals surface area contributed by atoms with E-state index in [0.717, 1.165) is 5.56 Å². The minimum atomic E-state index is -0.367. The van der Waals surface area contributed by atoms with E-state index in [1.165, 1.54) is 19.1 Å². The first-order valence-electron chi connectivity index (χ1n) is 7.50. The summed E-state index contributed by atoms with van der Waals surface area (Å²) in [4.78, 5) is 38.4. The Morgan fingerprint density at radius 2 is 1.61 bits per heavy atom. The number of amides is 3. The van der Waals surface area contributed by atoms with Crippen molar-refractivity contribution in [2.45, 2.75) is 19.9 Å². The first kappa shape index (κ1) is 16.9. The van der Waals surface area contributed by atoms with Gasteiger partial charge in [-0.25, -0.2) is 4.39 Å². The van der Waals surface area contributed by atoms with Crippen LogP contribution in [0.1, 0.15) is 18.9 Å². The Labute approximate surface area is 134 Å². The number of halogens is 1. The van der Waals surface area contributed by atoms with Crippen LogP contribution in [0.4, 0.5) is 4.39 Å². The van der Waals surface area contributed by atoms with Crippen molar-refractivity contribution < 1.29 is 18.8 Å². The molecule has 124 valence electrons. The van der Waals surface area contributed by atoms with Crippen LogP contribution in [0.3, 0.4) is 0 Å². The van der Waals surface area contributed by atoms with E-state index in [9.17, 15) is 18.8 Å². The van der Waals surface area contributed by atoms with Crippen LogP contribution in [-0.4, -0.2) is 53.7 Å². The largest absolute Gasteiger partial charge is 0.352 e. The summed E-state index contributed by atoms with van der Waals surface area (Å²) in [5, 5.41) is 2.64. The molecule has 2 rings (SSSR count). The van der Waals surface area contributed by atoms with Crippen molar-refractivity contribution in [1.29, 1.82) is 0 Å². The number of nitrogens with zero attached hydrogens (tertiary/aromatic N) is 2. The van der Waals surface area contributed by atoms with Crippen LogP contribution in [-0.2, 0) is 20.9 Å². The molecule has 0 aliphatic carbocycles. The molecule has 23 heavy (non-hydrogen) atoms. The molecule has 6 nitrogen and oxygen atoms in total. The summed E-state index contributed by atoms with van der Waals surface area (Å²) in [7, 11) is 0. The van der Waals surface area contributed by atoms with E-state index in [-0.39, 0.29) is 36.5 Å². The molecule has 1 saturated heterocycles. The van der Waals surface area contributed by atoms with Crippen LogP contribution in [0.2, 0.25) is 0 Å². The molecule has 3 amide bonds. The monoisotopic (exact) mass is 321 g/mol. The highest BCUT2D eigenvalue weighted by Crippen LogP contribution is 2.05. The quantitative estimate of drug-likeness (QED) is 0.822. The van der Waals surface area contributed by atoms with E-state index >= 15 is 0 Å². The summed E-state index contributed by atoms with van der Waals surface area (Å²) in [6.07, 6.45) is -0.221.